The molecular formula is C14H16N4. The fourth-order valence-electron chi connectivity index (χ4n) is 2.43. The molecule has 4 nitrogen and oxygen atoms in total. The van der Waals surface area contributed by atoms with Crippen LogP contribution in [0, 0.1) is 6.92 Å². The predicted molar refractivity (Wildman–Crippen MR) is 74.8 cm³/mol. The molecule has 2 N–H and O–H groups in total. The summed E-state index contributed by atoms with van der Waals surface area (Å²) in [6.45, 7) is 2.10. The summed E-state index contributed by atoms with van der Waals surface area (Å²) in [5.41, 5.74) is 4.68. The maximum absolute atomic E-state index is 4.42. The highest BCUT2D eigenvalue weighted by Gasteiger charge is 2.14. The third-order valence-corrected chi connectivity index (χ3v) is 3.29. The number of aryl methyl sites for hydroxylation is 2. The summed E-state index contributed by atoms with van der Waals surface area (Å²) in [6.07, 6.45) is 0. The number of anilines is 1. The summed E-state index contributed by atoms with van der Waals surface area (Å²) in [5, 5.41) is 8.74. The Hall–Kier alpha value is -2.23. The fraction of sp³-hybridized carbons (Fsp3) is 0.214. The number of aromatic nitrogens is 3. The Labute approximate surface area is 106 Å². The van der Waals surface area contributed by atoms with Crippen LogP contribution in [-0.2, 0) is 7.05 Å². The molecule has 0 radical (unpaired) electrons. The van der Waals surface area contributed by atoms with Crippen molar-refractivity contribution in [1.29, 1.82) is 0 Å². The van der Waals surface area contributed by atoms with Crippen molar-refractivity contribution >= 4 is 16.7 Å². The van der Waals surface area contributed by atoms with Gasteiger partial charge in [-0.05, 0) is 13.0 Å². The smallest absolute Gasteiger partial charge is 0.148 e. The number of benzene rings is 1. The molecular weight excluding hydrogens is 224 g/mol. The number of nitrogens with zero attached hydrogens (tertiary/aromatic N) is 2. The van der Waals surface area contributed by atoms with E-state index in [4.69, 9.17) is 0 Å². The van der Waals surface area contributed by atoms with E-state index in [0.717, 1.165) is 17.0 Å². The second-order valence-electron chi connectivity index (χ2n) is 4.46. The Morgan fingerprint density at radius 2 is 2.06 bits per heavy atom. The zero-order valence-corrected chi connectivity index (χ0v) is 10.8. The quantitative estimate of drug-likeness (QED) is 0.723. The number of aromatic amines is 1. The third-order valence-electron chi connectivity index (χ3n) is 3.29. The largest absolute Gasteiger partial charge is 0.372 e. The van der Waals surface area contributed by atoms with Crippen LogP contribution < -0.4 is 5.32 Å². The first-order chi connectivity index (χ1) is 8.70. The van der Waals surface area contributed by atoms with Gasteiger partial charge in [0, 0.05) is 42.3 Å². The van der Waals surface area contributed by atoms with Gasteiger partial charge >= 0.3 is 0 Å². The normalized spacial score (nSPS) is 11.1. The van der Waals surface area contributed by atoms with Crippen molar-refractivity contribution in [2.24, 2.45) is 7.05 Å². The van der Waals surface area contributed by atoms with Gasteiger partial charge in [0.2, 0.25) is 0 Å². The molecule has 0 atom stereocenters. The van der Waals surface area contributed by atoms with Crippen LogP contribution in [0.5, 0.6) is 0 Å². The van der Waals surface area contributed by atoms with Crippen LogP contribution in [0.15, 0.2) is 30.3 Å². The zero-order valence-electron chi connectivity index (χ0n) is 10.8. The second kappa shape index (κ2) is 3.91. The van der Waals surface area contributed by atoms with Crippen LogP contribution in [0.2, 0.25) is 0 Å². The minimum absolute atomic E-state index is 0.886. The number of hydrogen-bond donors (Lipinski definition) is 2. The molecule has 0 fully saturated rings. The Bertz CT molecular complexity index is 706. The molecule has 0 bridgehead atoms. The first-order valence-corrected chi connectivity index (χ1v) is 6.00. The minimum Gasteiger partial charge on any atom is -0.372 e. The SMILES string of the molecule is CNc1cc(-c2c(C)[nH]c3ccccc23)n(C)n1. The van der Waals surface area contributed by atoms with E-state index in [-0.39, 0.29) is 0 Å². The van der Waals surface area contributed by atoms with Gasteiger partial charge in [0.15, 0.2) is 0 Å². The van der Waals surface area contributed by atoms with Crippen molar-refractivity contribution in [2.45, 2.75) is 6.92 Å². The Morgan fingerprint density at radius 3 is 2.78 bits per heavy atom. The highest BCUT2D eigenvalue weighted by molar-refractivity contribution is 5.96. The highest BCUT2D eigenvalue weighted by Crippen LogP contribution is 2.32. The fourth-order valence-corrected chi connectivity index (χ4v) is 2.43. The average molecular weight is 240 g/mol. The van der Waals surface area contributed by atoms with Gasteiger partial charge in [-0.15, -0.1) is 0 Å². The highest BCUT2D eigenvalue weighted by atomic mass is 15.3. The van der Waals surface area contributed by atoms with Gasteiger partial charge in [0.25, 0.3) is 0 Å². The average Bonchev–Trinajstić information content (AvgIpc) is 2.88. The lowest BCUT2D eigenvalue weighted by atomic mass is 10.1. The first-order valence-electron chi connectivity index (χ1n) is 6.00. The van der Waals surface area contributed by atoms with E-state index in [1.54, 1.807) is 0 Å². The number of para-hydroxylation sites is 1. The molecule has 0 saturated heterocycles. The van der Waals surface area contributed by atoms with E-state index in [2.05, 4.69) is 46.6 Å². The number of nitrogens with one attached hydrogen (secondary N) is 2. The molecule has 2 heterocycles. The molecule has 18 heavy (non-hydrogen) atoms. The summed E-state index contributed by atoms with van der Waals surface area (Å²) in [5.74, 6) is 0.886. The van der Waals surface area contributed by atoms with Crippen LogP contribution in [0.3, 0.4) is 0 Å². The van der Waals surface area contributed by atoms with Gasteiger partial charge in [-0.2, -0.15) is 5.10 Å². The van der Waals surface area contributed by atoms with Crippen LogP contribution in [0.25, 0.3) is 22.2 Å². The van der Waals surface area contributed by atoms with Gasteiger partial charge in [-0.1, -0.05) is 18.2 Å². The van der Waals surface area contributed by atoms with E-state index in [9.17, 15) is 0 Å². The van der Waals surface area contributed by atoms with Crippen molar-refractivity contribution in [3.05, 3.63) is 36.0 Å². The number of rotatable bonds is 2. The monoisotopic (exact) mass is 240 g/mol. The molecule has 0 aliphatic rings. The molecule has 0 unspecified atom stereocenters. The lowest BCUT2D eigenvalue weighted by Gasteiger charge is -2.01. The lowest BCUT2D eigenvalue weighted by molar-refractivity contribution is 0.778. The van der Waals surface area contributed by atoms with Gasteiger partial charge in [0.1, 0.15) is 5.82 Å². The molecule has 3 aromatic rings. The summed E-state index contributed by atoms with van der Waals surface area (Å²) in [7, 11) is 3.85. The maximum atomic E-state index is 4.42. The summed E-state index contributed by atoms with van der Waals surface area (Å²) >= 11 is 0. The van der Waals surface area contributed by atoms with Crippen molar-refractivity contribution in [1.82, 2.24) is 14.8 Å². The topological polar surface area (TPSA) is 45.6 Å². The number of H-pyrrole nitrogens is 1. The Morgan fingerprint density at radius 1 is 1.28 bits per heavy atom. The molecule has 92 valence electrons. The molecule has 0 aliphatic carbocycles. The van der Waals surface area contributed by atoms with Gasteiger partial charge in [-0.25, -0.2) is 0 Å². The van der Waals surface area contributed by atoms with E-state index >= 15 is 0 Å². The van der Waals surface area contributed by atoms with Gasteiger partial charge in [0.05, 0.1) is 5.69 Å². The maximum Gasteiger partial charge on any atom is 0.148 e. The zero-order chi connectivity index (χ0) is 12.7. The number of fused-ring (bicyclic) bond motifs is 1. The third kappa shape index (κ3) is 1.49. The summed E-state index contributed by atoms with van der Waals surface area (Å²) < 4.78 is 1.91. The van der Waals surface area contributed by atoms with Crippen molar-refractivity contribution in [2.75, 3.05) is 12.4 Å². The molecule has 0 amide bonds. The molecule has 1 aromatic carbocycles. The van der Waals surface area contributed by atoms with Crippen LogP contribution >= 0.6 is 0 Å². The summed E-state index contributed by atoms with van der Waals surface area (Å²) in [4.78, 5) is 3.42. The van der Waals surface area contributed by atoms with Crippen molar-refractivity contribution in [3.8, 4) is 11.3 Å². The van der Waals surface area contributed by atoms with E-state index < -0.39 is 0 Å². The molecule has 2 aromatic heterocycles. The van der Waals surface area contributed by atoms with Crippen LogP contribution in [0.4, 0.5) is 5.82 Å². The minimum atomic E-state index is 0.886. The van der Waals surface area contributed by atoms with Crippen molar-refractivity contribution in [3.63, 3.8) is 0 Å². The molecule has 3 rings (SSSR count). The summed E-state index contributed by atoms with van der Waals surface area (Å²) in [6, 6.07) is 10.4. The Balaban J connectivity index is 2.30. The second-order valence-corrected chi connectivity index (χ2v) is 4.46. The first kappa shape index (κ1) is 10.9. The molecule has 4 heteroatoms. The number of hydrogen-bond acceptors (Lipinski definition) is 2. The molecule has 0 aliphatic heterocycles. The molecule has 0 saturated carbocycles. The van der Waals surface area contributed by atoms with E-state index in [1.807, 2.05) is 24.8 Å². The van der Waals surface area contributed by atoms with Crippen molar-refractivity contribution < 1.29 is 0 Å². The van der Waals surface area contributed by atoms with Crippen LogP contribution in [-0.4, -0.2) is 21.8 Å². The molecule has 0 spiro atoms. The Kier molecular flexibility index (Phi) is 2.37. The van der Waals surface area contributed by atoms with Gasteiger partial charge < -0.3 is 10.3 Å². The predicted octanol–water partition coefficient (Wildman–Crippen LogP) is 2.92. The lowest BCUT2D eigenvalue weighted by Crippen LogP contribution is -1.95. The van der Waals surface area contributed by atoms with E-state index in [1.165, 1.54) is 16.6 Å². The van der Waals surface area contributed by atoms with E-state index in [0.29, 0.717) is 0 Å². The standard InChI is InChI=1S/C14H16N4/c1-9-14(10-6-4-5-7-11(10)16-9)12-8-13(15-2)17-18(12)3/h4-8,16H,1-3H3,(H,15,17). The van der Waals surface area contributed by atoms with Gasteiger partial charge in [-0.3, -0.25) is 4.68 Å². The van der Waals surface area contributed by atoms with Crippen LogP contribution in [0.1, 0.15) is 5.69 Å².